The lowest BCUT2D eigenvalue weighted by molar-refractivity contribution is 0.0956. The third kappa shape index (κ3) is 5.59. The van der Waals surface area contributed by atoms with E-state index >= 15 is 0 Å². The van der Waals surface area contributed by atoms with Crippen LogP contribution in [0.4, 0.5) is 0 Å². The lowest BCUT2D eigenvalue weighted by Crippen LogP contribution is -2.18. The van der Waals surface area contributed by atoms with Gasteiger partial charge in [0.2, 0.25) is 0 Å². The van der Waals surface area contributed by atoms with Gasteiger partial charge in [0.15, 0.2) is 0 Å². The third-order valence-electron chi connectivity index (χ3n) is 4.78. The smallest absolute Gasteiger partial charge is 0.272 e. The molecule has 0 bridgehead atoms. The van der Waals surface area contributed by atoms with Crippen molar-refractivity contribution in [1.29, 1.82) is 0 Å². The van der Waals surface area contributed by atoms with Crippen molar-refractivity contribution >= 4 is 68.2 Å². The summed E-state index contributed by atoms with van der Waals surface area (Å²) in [6, 6.07) is 23.2. The molecule has 0 aliphatic rings. The number of amides is 1. The van der Waals surface area contributed by atoms with Gasteiger partial charge in [0.1, 0.15) is 12.4 Å². The Morgan fingerprint density at radius 2 is 1.82 bits per heavy atom. The molecule has 164 valence electrons. The lowest BCUT2D eigenvalue weighted by Gasteiger charge is -2.11. The standard InChI is InChI=1S/C26H19I2N3O2/c1-2-12-33-25-18(13-19(27)14-22(25)28)16-29-31-26(32)21-15-24(17-8-4-3-5-9-17)30-23-11-7-6-10-20(21)23/h2-11,13-16H,1,12H2,(H,31,32)/b29-16-. The fourth-order valence-corrected chi connectivity index (χ4v) is 5.36. The number of pyridine rings is 1. The summed E-state index contributed by atoms with van der Waals surface area (Å²) in [5.74, 6) is 0.394. The van der Waals surface area contributed by atoms with Crippen molar-refractivity contribution in [3.8, 4) is 17.0 Å². The van der Waals surface area contributed by atoms with Gasteiger partial charge in [0, 0.05) is 20.1 Å². The summed E-state index contributed by atoms with van der Waals surface area (Å²) in [4.78, 5) is 17.9. The van der Waals surface area contributed by atoms with Crippen molar-refractivity contribution in [2.45, 2.75) is 0 Å². The Kier molecular flexibility index (Phi) is 7.71. The molecule has 0 aliphatic heterocycles. The molecule has 1 heterocycles. The number of rotatable bonds is 7. The molecule has 0 saturated carbocycles. The maximum atomic E-state index is 13.1. The van der Waals surface area contributed by atoms with E-state index in [4.69, 9.17) is 9.72 Å². The van der Waals surface area contributed by atoms with Crippen LogP contribution in [0.25, 0.3) is 22.2 Å². The zero-order valence-corrected chi connectivity index (χ0v) is 21.8. The number of ether oxygens (including phenoxy) is 1. The number of nitrogens with zero attached hydrogens (tertiary/aromatic N) is 2. The van der Waals surface area contributed by atoms with Crippen molar-refractivity contribution in [2.75, 3.05) is 6.61 Å². The zero-order chi connectivity index (χ0) is 23.2. The summed E-state index contributed by atoms with van der Waals surface area (Å²) >= 11 is 4.47. The molecule has 33 heavy (non-hydrogen) atoms. The highest BCUT2D eigenvalue weighted by atomic mass is 127. The second kappa shape index (κ2) is 10.9. The second-order valence-corrected chi connectivity index (χ2v) is 9.45. The molecule has 0 saturated heterocycles. The van der Waals surface area contributed by atoms with Crippen LogP contribution in [0.5, 0.6) is 5.75 Å². The number of hydrogen-bond donors (Lipinski definition) is 1. The highest BCUT2D eigenvalue weighted by Crippen LogP contribution is 2.28. The number of fused-ring (bicyclic) bond motifs is 1. The van der Waals surface area contributed by atoms with Gasteiger partial charge in [-0.25, -0.2) is 10.4 Å². The molecular weight excluding hydrogens is 640 g/mol. The highest BCUT2D eigenvalue weighted by Gasteiger charge is 2.14. The number of hydrazone groups is 1. The van der Waals surface area contributed by atoms with Crippen molar-refractivity contribution in [3.63, 3.8) is 0 Å². The summed E-state index contributed by atoms with van der Waals surface area (Å²) in [6.45, 7) is 4.08. The second-order valence-electron chi connectivity index (χ2n) is 7.04. The minimum Gasteiger partial charge on any atom is -0.488 e. The fraction of sp³-hybridized carbons (Fsp3) is 0.0385. The Balaban J connectivity index is 1.65. The van der Waals surface area contributed by atoms with Gasteiger partial charge in [-0.05, 0) is 69.4 Å². The van der Waals surface area contributed by atoms with Crippen LogP contribution in [-0.4, -0.2) is 23.7 Å². The molecular formula is C26H19I2N3O2. The number of nitrogens with one attached hydrogen (secondary N) is 1. The van der Waals surface area contributed by atoms with E-state index < -0.39 is 0 Å². The molecule has 4 aromatic rings. The Morgan fingerprint density at radius 1 is 1.06 bits per heavy atom. The molecule has 7 heteroatoms. The van der Waals surface area contributed by atoms with Crippen LogP contribution in [-0.2, 0) is 0 Å². The predicted molar refractivity (Wildman–Crippen MR) is 150 cm³/mol. The van der Waals surface area contributed by atoms with Gasteiger partial charge in [-0.2, -0.15) is 5.10 Å². The molecule has 0 atom stereocenters. The number of carbonyl (C=O) groups excluding carboxylic acids is 1. The first-order valence-electron chi connectivity index (χ1n) is 10.1. The van der Waals surface area contributed by atoms with E-state index in [9.17, 15) is 4.79 Å². The van der Waals surface area contributed by atoms with Crippen LogP contribution >= 0.6 is 45.2 Å². The summed E-state index contributed by atoms with van der Waals surface area (Å²) in [7, 11) is 0. The highest BCUT2D eigenvalue weighted by molar-refractivity contribution is 14.1. The number of hydrogen-bond acceptors (Lipinski definition) is 4. The quantitative estimate of drug-likeness (QED) is 0.108. The molecule has 5 nitrogen and oxygen atoms in total. The van der Waals surface area contributed by atoms with E-state index in [0.29, 0.717) is 17.9 Å². The van der Waals surface area contributed by atoms with Crippen molar-refractivity contribution < 1.29 is 9.53 Å². The maximum absolute atomic E-state index is 13.1. The van der Waals surface area contributed by atoms with Crippen LogP contribution in [0.2, 0.25) is 0 Å². The summed E-state index contributed by atoms with van der Waals surface area (Å²) in [5.41, 5.74) is 6.37. The fourth-order valence-electron chi connectivity index (χ4n) is 3.31. The first-order valence-corrected chi connectivity index (χ1v) is 12.2. The van der Waals surface area contributed by atoms with Crippen LogP contribution in [0.3, 0.4) is 0 Å². The van der Waals surface area contributed by atoms with E-state index in [1.165, 1.54) is 0 Å². The molecule has 0 unspecified atom stereocenters. The van der Waals surface area contributed by atoms with Crippen molar-refractivity contribution in [2.24, 2.45) is 5.10 Å². The van der Waals surface area contributed by atoms with E-state index in [2.05, 4.69) is 62.3 Å². The largest absolute Gasteiger partial charge is 0.488 e. The van der Waals surface area contributed by atoms with Crippen LogP contribution < -0.4 is 10.2 Å². The molecule has 0 spiro atoms. The average Bonchev–Trinajstić information content (AvgIpc) is 2.83. The van der Waals surface area contributed by atoms with Crippen molar-refractivity contribution in [3.05, 3.63) is 104 Å². The minimum atomic E-state index is -0.309. The molecule has 1 N–H and O–H groups in total. The first kappa shape index (κ1) is 23.4. The Morgan fingerprint density at radius 3 is 2.61 bits per heavy atom. The van der Waals surface area contributed by atoms with E-state index in [-0.39, 0.29) is 5.91 Å². The van der Waals surface area contributed by atoms with E-state index in [0.717, 1.165) is 34.9 Å². The molecule has 1 amide bonds. The number of para-hydroxylation sites is 1. The molecule has 1 aromatic heterocycles. The molecule has 4 rings (SSSR count). The Hall–Kier alpha value is -2.79. The lowest BCUT2D eigenvalue weighted by atomic mass is 10.0. The normalized spacial score (nSPS) is 11.0. The summed E-state index contributed by atoms with van der Waals surface area (Å²) < 4.78 is 7.80. The zero-order valence-electron chi connectivity index (χ0n) is 17.5. The number of benzene rings is 3. The summed E-state index contributed by atoms with van der Waals surface area (Å²) in [5, 5.41) is 4.99. The van der Waals surface area contributed by atoms with E-state index in [1.807, 2.05) is 66.7 Å². The topological polar surface area (TPSA) is 63.6 Å². The van der Waals surface area contributed by atoms with Crippen LogP contribution in [0.1, 0.15) is 15.9 Å². The molecule has 0 fully saturated rings. The van der Waals surface area contributed by atoms with Gasteiger partial charge in [0.05, 0.1) is 26.6 Å². The third-order valence-corrected chi connectivity index (χ3v) is 6.21. The van der Waals surface area contributed by atoms with Gasteiger partial charge in [-0.1, -0.05) is 61.2 Å². The monoisotopic (exact) mass is 659 g/mol. The average molecular weight is 659 g/mol. The molecule has 0 aliphatic carbocycles. The van der Waals surface area contributed by atoms with Gasteiger partial charge in [-0.3, -0.25) is 4.79 Å². The summed E-state index contributed by atoms with van der Waals surface area (Å²) in [6.07, 6.45) is 3.29. The SMILES string of the molecule is C=CCOc1c(I)cc(I)cc1/C=N\NC(=O)c1cc(-c2ccccc2)nc2ccccc12. The number of aromatic nitrogens is 1. The van der Waals surface area contributed by atoms with Gasteiger partial charge in [-0.15, -0.1) is 0 Å². The van der Waals surface area contributed by atoms with Crippen LogP contribution in [0.15, 0.2) is 90.6 Å². The van der Waals surface area contributed by atoms with Crippen LogP contribution in [0, 0.1) is 7.14 Å². The minimum absolute atomic E-state index is 0.309. The molecule has 3 aromatic carbocycles. The Bertz CT molecular complexity index is 1350. The predicted octanol–water partition coefficient (Wildman–Crippen LogP) is 6.44. The maximum Gasteiger partial charge on any atom is 0.272 e. The number of carbonyl (C=O) groups is 1. The number of halogens is 2. The first-order chi connectivity index (χ1) is 16.1. The molecule has 0 radical (unpaired) electrons. The van der Waals surface area contributed by atoms with E-state index in [1.54, 1.807) is 18.4 Å². The Labute approximate surface area is 219 Å². The van der Waals surface area contributed by atoms with Gasteiger partial charge < -0.3 is 4.74 Å². The van der Waals surface area contributed by atoms with Gasteiger partial charge >= 0.3 is 0 Å². The van der Waals surface area contributed by atoms with Gasteiger partial charge in [0.25, 0.3) is 5.91 Å². The van der Waals surface area contributed by atoms with Crippen molar-refractivity contribution in [1.82, 2.24) is 10.4 Å².